The molecule has 0 unspecified atom stereocenters. The van der Waals surface area contributed by atoms with Gasteiger partial charge in [-0.25, -0.2) is 8.42 Å². The van der Waals surface area contributed by atoms with Crippen molar-refractivity contribution in [1.29, 1.82) is 0 Å². The Bertz CT molecular complexity index is 739. The van der Waals surface area contributed by atoms with E-state index in [-0.39, 0.29) is 11.5 Å². The van der Waals surface area contributed by atoms with Crippen LogP contribution in [-0.2, 0) is 23.1 Å². The second kappa shape index (κ2) is 6.28. The number of aryl methyl sites for hydroxylation is 2. The van der Waals surface area contributed by atoms with Gasteiger partial charge in [0.2, 0.25) is 0 Å². The van der Waals surface area contributed by atoms with E-state index < -0.39 is 10.0 Å². The van der Waals surface area contributed by atoms with Crippen molar-refractivity contribution in [2.45, 2.75) is 31.8 Å². The van der Waals surface area contributed by atoms with Crippen molar-refractivity contribution in [3.8, 4) is 0 Å². The topological polar surface area (TPSA) is 66.4 Å². The lowest BCUT2D eigenvalue weighted by molar-refractivity contribution is 0.281. The van der Waals surface area contributed by atoms with E-state index in [1.807, 2.05) is 32.0 Å². The summed E-state index contributed by atoms with van der Waals surface area (Å²) in [5.41, 5.74) is 3.08. The number of anilines is 1. The molecular weight excluding hydrogens is 286 g/mol. The minimum absolute atomic E-state index is 0.152. The number of benzene rings is 2. The molecule has 0 heterocycles. The molecule has 4 nitrogen and oxygen atoms in total. The van der Waals surface area contributed by atoms with Crippen LogP contribution in [-0.4, -0.2) is 13.5 Å². The Morgan fingerprint density at radius 1 is 1.14 bits per heavy atom. The Morgan fingerprint density at radius 3 is 2.57 bits per heavy atom. The van der Waals surface area contributed by atoms with Crippen molar-refractivity contribution in [2.24, 2.45) is 0 Å². The number of sulfonamides is 1. The molecule has 2 rings (SSSR count). The van der Waals surface area contributed by atoms with Crippen molar-refractivity contribution in [2.75, 3.05) is 4.72 Å². The van der Waals surface area contributed by atoms with E-state index in [0.29, 0.717) is 11.3 Å². The Labute approximate surface area is 125 Å². The molecule has 0 radical (unpaired) electrons. The molecule has 0 amide bonds. The molecule has 2 N–H and O–H groups in total. The van der Waals surface area contributed by atoms with Crippen molar-refractivity contribution < 1.29 is 13.5 Å². The second-order valence-corrected chi connectivity index (χ2v) is 6.59. The average molecular weight is 305 g/mol. The quantitative estimate of drug-likeness (QED) is 0.892. The summed E-state index contributed by atoms with van der Waals surface area (Å²) < 4.78 is 27.3. The molecule has 0 aromatic heterocycles. The van der Waals surface area contributed by atoms with Crippen LogP contribution in [0.5, 0.6) is 0 Å². The van der Waals surface area contributed by atoms with E-state index >= 15 is 0 Å². The van der Waals surface area contributed by atoms with Crippen molar-refractivity contribution in [3.05, 3.63) is 59.2 Å². The number of aliphatic hydroxyl groups excluding tert-OH is 1. The third-order valence-electron chi connectivity index (χ3n) is 3.39. The van der Waals surface area contributed by atoms with Gasteiger partial charge in [0, 0.05) is 5.69 Å². The maximum absolute atomic E-state index is 12.4. The largest absolute Gasteiger partial charge is 0.392 e. The number of hydrogen-bond donors (Lipinski definition) is 2. The number of nitrogens with one attached hydrogen (secondary N) is 1. The van der Waals surface area contributed by atoms with Crippen molar-refractivity contribution >= 4 is 15.7 Å². The normalized spacial score (nSPS) is 11.4. The zero-order valence-electron chi connectivity index (χ0n) is 12.1. The van der Waals surface area contributed by atoms with Gasteiger partial charge >= 0.3 is 0 Å². The fourth-order valence-corrected chi connectivity index (χ4v) is 3.15. The van der Waals surface area contributed by atoms with Crippen molar-refractivity contribution in [1.82, 2.24) is 0 Å². The number of aliphatic hydroxyl groups is 1. The van der Waals surface area contributed by atoms with Gasteiger partial charge in [0.05, 0.1) is 11.5 Å². The number of rotatable bonds is 5. The first kappa shape index (κ1) is 15.5. The van der Waals surface area contributed by atoms with Gasteiger partial charge in [-0.1, -0.05) is 25.1 Å². The van der Waals surface area contributed by atoms with Gasteiger partial charge in [0.1, 0.15) is 0 Å². The highest BCUT2D eigenvalue weighted by molar-refractivity contribution is 7.92. The third-order valence-corrected chi connectivity index (χ3v) is 4.77. The predicted octanol–water partition coefficient (Wildman–Crippen LogP) is 2.85. The van der Waals surface area contributed by atoms with Crippen molar-refractivity contribution in [3.63, 3.8) is 0 Å². The van der Waals surface area contributed by atoms with E-state index in [9.17, 15) is 13.5 Å². The van der Waals surface area contributed by atoms with Gasteiger partial charge < -0.3 is 5.11 Å². The summed E-state index contributed by atoms with van der Waals surface area (Å²) in [5.74, 6) is 0. The molecular formula is C16H19NO3S. The molecule has 2 aromatic rings. The maximum atomic E-state index is 12.4. The molecule has 0 atom stereocenters. The Kier molecular flexibility index (Phi) is 4.65. The van der Waals surface area contributed by atoms with E-state index in [0.717, 1.165) is 17.5 Å². The fraction of sp³-hybridized carbons (Fsp3) is 0.250. The Morgan fingerprint density at radius 2 is 1.90 bits per heavy atom. The molecule has 0 aliphatic heterocycles. The Hall–Kier alpha value is -1.85. The van der Waals surface area contributed by atoms with Gasteiger partial charge in [0.25, 0.3) is 10.0 Å². The summed E-state index contributed by atoms with van der Waals surface area (Å²) in [5, 5.41) is 9.25. The maximum Gasteiger partial charge on any atom is 0.261 e. The highest BCUT2D eigenvalue weighted by Crippen LogP contribution is 2.20. The molecule has 21 heavy (non-hydrogen) atoms. The summed E-state index contributed by atoms with van der Waals surface area (Å²) in [7, 11) is -3.65. The van der Waals surface area contributed by atoms with Crippen LogP contribution in [0.2, 0.25) is 0 Å². The van der Waals surface area contributed by atoms with Gasteiger partial charge in [0.15, 0.2) is 0 Å². The van der Waals surface area contributed by atoms with Gasteiger partial charge in [-0.2, -0.15) is 0 Å². The van der Waals surface area contributed by atoms with E-state index in [4.69, 9.17) is 0 Å². The van der Waals surface area contributed by atoms with E-state index in [1.165, 1.54) is 6.07 Å². The minimum Gasteiger partial charge on any atom is -0.392 e. The molecule has 2 aromatic carbocycles. The molecule has 0 saturated heterocycles. The van der Waals surface area contributed by atoms with Crippen LogP contribution >= 0.6 is 0 Å². The highest BCUT2D eigenvalue weighted by atomic mass is 32.2. The summed E-state index contributed by atoms with van der Waals surface area (Å²) in [6.45, 7) is 3.67. The summed E-state index contributed by atoms with van der Waals surface area (Å²) in [4.78, 5) is 0.152. The molecule has 0 aliphatic carbocycles. The standard InChI is InChI=1S/C16H19NO3S/c1-3-13-5-4-6-15(9-13)17-21(19,20)16-8-7-12(2)14(10-16)11-18/h4-10,17-18H,3,11H2,1-2H3. The zero-order valence-corrected chi connectivity index (χ0v) is 12.9. The van der Waals surface area contributed by atoms with Crippen LogP contribution in [0.3, 0.4) is 0 Å². The molecule has 112 valence electrons. The SMILES string of the molecule is CCc1cccc(NS(=O)(=O)c2ccc(C)c(CO)c2)c1. The monoisotopic (exact) mass is 305 g/mol. The fourth-order valence-electron chi connectivity index (χ4n) is 2.05. The first-order valence-electron chi connectivity index (χ1n) is 6.78. The van der Waals surface area contributed by atoms with Crippen LogP contribution in [0, 0.1) is 6.92 Å². The summed E-state index contributed by atoms with van der Waals surface area (Å²) >= 11 is 0. The molecule has 0 spiro atoms. The van der Waals surface area contributed by atoms with E-state index in [2.05, 4.69) is 4.72 Å². The lowest BCUT2D eigenvalue weighted by Gasteiger charge is -2.11. The van der Waals surface area contributed by atoms with Gasteiger partial charge in [-0.3, -0.25) is 4.72 Å². The van der Waals surface area contributed by atoms with E-state index in [1.54, 1.807) is 18.2 Å². The first-order valence-corrected chi connectivity index (χ1v) is 8.26. The zero-order chi connectivity index (χ0) is 15.5. The molecule has 0 saturated carbocycles. The van der Waals surface area contributed by atoms with Crippen LogP contribution in [0.4, 0.5) is 5.69 Å². The number of hydrogen-bond acceptors (Lipinski definition) is 3. The average Bonchev–Trinajstić information content (AvgIpc) is 2.47. The lowest BCUT2D eigenvalue weighted by atomic mass is 10.1. The third kappa shape index (κ3) is 3.62. The highest BCUT2D eigenvalue weighted by Gasteiger charge is 2.15. The Balaban J connectivity index is 2.33. The van der Waals surface area contributed by atoms with Crippen LogP contribution in [0.15, 0.2) is 47.4 Å². The van der Waals surface area contributed by atoms with Crippen LogP contribution in [0.25, 0.3) is 0 Å². The summed E-state index contributed by atoms with van der Waals surface area (Å²) in [6, 6.07) is 12.1. The summed E-state index contributed by atoms with van der Waals surface area (Å²) in [6.07, 6.45) is 0.842. The van der Waals surface area contributed by atoms with Gasteiger partial charge in [-0.05, 0) is 54.3 Å². The molecule has 0 bridgehead atoms. The molecule has 0 fully saturated rings. The molecule has 0 aliphatic rings. The first-order chi connectivity index (χ1) is 9.96. The van der Waals surface area contributed by atoms with Gasteiger partial charge in [-0.15, -0.1) is 0 Å². The second-order valence-electron chi connectivity index (χ2n) is 4.91. The smallest absolute Gasteiger partial charge is 0.261 e. The minimum atomic E-state index is -3.65. The van der Waals surface area contributed by atoms with Crippen LogP contribution < -0.4 is 4.72 Å². The molecule has 5 heteroatoms. The van der Waals surface area contributed by atoms with Crippen LogP contribution in [0.1, 0.15) is 23.6 Å². The predicted molar refractivity (Wildman–Crippen MR) is 83.7 cm³/mol. The lowest BCUT2D eigenvalue weighted by Crippen LogP contribution is -2.13.